The predicted octanol–water partition coefficient (Wildman–Crippen LogP) is 3.77. The van der Waals surface area contributed by atoms with Crippen LogP contribution in [0.25, 0.3) is 0 Å². The third-order valence-electron chi connectivity index (χ3n) is 4.62. The minimum absolute atomic E-state index is 0.535. The van der Waals surface area contributed by atoms with Crippen LogP contribution in [0, 0.1) is 6.92 Å². The Morgan fingerprint density at radius 3 is 3.05 bits per heavy atom. The SMILES string of the molecule is CCCCn1ccnc1[C@@H]1CCCN(c2ccncc2C)C1. The number of hydrogen-bond donors (Lipinski definition) is 0. The fraction of sp³-hybridized carbons (Fsp3) is 0.556. The van der Waals surface area contributed by atoms with Gasteiger partial charge in [-0.05, 0) is 37.8 Å². The number of rotatable bonds is 5. The Morgan fingerprint density at radius 1 is 1.32 bits per heavy atom. The lowest BCUT2D eigenvalue weighted by Crippen LogP contribution is -2.35. The van der Waals surface area contributed by atoms with Crippen molar-refractivity contribution in [2.24, 2.45) is 0 Å². The van der Waals surface area contributed by atoms with Crippen LogP contribution in [0.4, 0.5) is 5.69 Å². The maximum absolute atomic E-state index is 4.67. The Kier molecular flexibility index (Phi) is 4.76. The molecule has 118 valence electrons. The van der Waals surface area contributed by atoms with E-state index >= 15 is 0 Å². The van der Waals surface area contributed by atoms with E-state index in [2.05, 4.69) is 45.5 Å². The van der Waals surface area contributed by atoms with E-state index in [0.29, 0.717) is 5.92 Å². The normalized spacial score (nSPS) is 18.6. The van der Waals surface area contributed by atoms with Crippen molar-refractivity contribution in [3.63, 3.8) is 0 Å². The Morgan fingerprint density at radius 2 is 2.23 bits per heavy atom. The van der Waals surface area contributed by atoms with Gasteiger partial charge in [-0.1, -0.05) is 13.3 Å². The number of unbranched alkanes of at least 4 members (excludes halogenated alkanes) is 1. The molecular weight excluding hydrogens is 272 g/mol. The van der Waals surface area contributed by atoms with Gasteiger partial charge in [0.25, 0.3) is 0 Å². The van der Waals surface area contributed by atoms with Crippen molar-refractivity contribution in [3.05, 3.63) is 42.2 Å². The van der Waals surface area contributed by atoms with Gasteiger partial charge in [0.2, 0.25) is 0 Å². The van der Waals surface area contributed by atoms with Crippen molar-refractivity contribution in [2.45, 2.75) is 52.0 Å². The van der Waals surface area contributed by atoms with E-state index < -0.39 is 0 Å². The van der Waals surface area contributed by atoms with Gasteiger partial charge in [-0.2, -0.15) is 0 Å². The van der Waals surface area contributed by atoms with Crippen LogP contribution in [0.15, 0.2) is 30.9 Å². The van der Waals surface area contributed by atoms with Crippen molar-refractivity contribution < 1.29 is 0 Å². The van der Waals surface area contributed by atoms with Gasteiger partial charge in [-0.15, -0.1) is 0 Å². The molecule has 2 aromatic heterocycles. The summed E-state index contributed by atoms with van der Waals surface area (Å²) in [5.41, 5.74) is 2.59. The fourth-order valence-corrected chi connectivity index (χ4v) is 3.43. The second-order valence-corrected chi connectivity index (χ2v) is 6.28. The van der Waals surface area contributed by atoms with Gasteiger partial charge in [0.05, 0.1) is 0 Å². The van der Waals surface area contributed by atoms with E-state index in [1.165, 1.54) is 42.8 Å². The summed E-state index contributed by atoms with van der Waals surface area (Å²) in [5.74, 6) is 1.80. The van der Waals surface area contributed by atoms with Crippen molar-refractivity contribution in [1.29, 1.82) is 0 Å². The summed E-state index contributed by atoms with van der Waals surface area (Å²) in [6, 6.07) is 2.14. The van der Waals surface area contributed by atoms with E-state index in [1.807, 2.05) is 18.6 Å². The largest absolute Gasteiger partial charge is 0.370 e. The highest BCUT2D eigenvalue weighted by molar-refractivity contribution is 5.52. The molecule has 1 aliphatic heterocycles. The molecular formula is C18H26N4. The summed E-state index contributed by atoms with van der Waals surface area (Å²) in [7, 11) is 0. The first kappa shape index (κ1) is 15.1. The molecule has 1 fully saturated rings. The monoisotopic (exact) mass is 298 g/mol. The Bertz CT molecular complexity index is 605. The van der Waals surface area contributed by atoms with E-state index in [0.717, 1.165) is 19.6 Å². The zero-order valence-electron chi connectivity index (χ0n) is 13.7. The summed E-state index contributed by atoms with van der Waals surface area (Å²) in [5, 5.41) is 0. The maximum Gasteiger partial charge on any atom is 0.113 e. The molecule has 0 spiro atoms. The van der Waals surface area contributed by atoms with Gasteiger partial charge >= 0.3 is 0 Å². The Hall–Kier alpha value is -1.84. The number of imidazole rings is 1. The first-order valence-electron chi connectivity index (χ1n) is 8.46. The molecule has 0 amide bonds. The summed E-state index contributed by atoms with van der Waals surface area (Å²) >= 11 is 0. The highest BCUT2D eigenvalue weighted by Crippen LogP contribution is 2.30. The molecule has 22 heavy (non-hydrogen) atoms. The first-order valence-corrected chi connectivity index (χ1v) is 8.46. The second kappa shape index (κ2) is 6.95. The molecule has 3 heterocycles. The van der Waals surface area contributed by atoms with Gasteiger partial charge in [-0.25, -0.2) is 4.98 Å². The standard InChI is InChI=1S/C18H26N4/c1-3-4-10-21-12-9-20-18(21)16-6-5-11-22(14-16)17-7-8-19-13-15(17)2/h7-9,12-13,16H,3-6,10-11,14H2,1-2H3/t16-/m1/s1. The van der Waals surface area contributed by atoms with Crippen molar-refractivity contribution in [1.82, 2.24) is 14.5 Å². The van der Waals surface area contributed by atoms with Crippen LogP contribution in [0.1, 0.15) is 49.9 Å². The van der Waals surface area contributed by atoms with Crippen LogP contribution in [0.2, 0.25) is 0 Å². The molecule has 1 atom stereocenters. The van der Waals surface area contributed by atoms with Gasteiger partial charge < -0.3 is 9.47 Å². The van der Waals surface area contributed by atoms with Crippen LogP contribution in [-0.4, -0.2) is 27.6 Å². The highest BCUT2D eigenvalue weighted by Gasteiger charge is 2.25. The number of anilines is 1. The van der Waals surface area contributed by atoms with Crippen molar-refractivity contribution in [2.75, 3.05) is 18.0 Å². The van der Waals surface area contributed by atoms with Gasteiger partial charge in [0.15, 0.2) is 0 Å². The summed E-state index contributed by atoms with van der Waals surface area (Å²) in [4.78, 5) is 11.4. The molecule has 0 aliphatic carbocycles. The molecule has 2 aromatic rings. The van der Waals surface area contributed by atoms with E-state index in [4.69, 9.17) is 0 Å². The molecule has 4 heteroatoms. The van der Waals surface area contributed by atoms with Gasteiger partial charge in [-0.3, -0.25) is 4.98 Å². The summed E-state index contributed by atoms with van der Waals surface area (Å²) < 4.78 is 2.36. The average molecular weight is 298 g/mol. The number of nitrogens with zero attached hydrogens (tertiary/aromatic N) is 4. The second-order valence-electron chi connectivity index (χ2n) is 6.28. The topological polar surface area (TPSA) is 34.0 Å². The van der Waals surface area contributed by atoms with Crippen LogP contribution in [-0.2, 0) is 6.54 Å². The molecule has 0 unspecified atom stereocenters. The Labute approximate surface area is 133 Å². The number of piperidine rings is 1. The predicted molar refractivity (Wildman–Crippen MR) is 90.3 cm³/mol. The first-order chi connectivity index (χ1) is 10.8. The lowest BCUT2D eigenvalue weighted by molar-refractivity contribution is 0.465. The van der Waals surface area contributed by atoms with E-state index in [9.17, 15) is 0 Å². The zero-order valence-corrected chi connectivity index (χ0v) is 13.7. The molecule has 0 aromatic carbocycles. The molecule has 1 saturated heterocycles. The lowest BCUT2D eigenvalue weighted by atomic mass is 9.96. The number of pyridine rings is 1. The molecule has 4 nitrogen and oxygen atoms in total. The molecule has 0 N–H and O–H groups in total. The molecule has 0 bridgehead atoms. The third-order valence-corrected chi connectivity index (χ3v) is 4.62. The van der Waals surface area contributed by atoms with Crippen LogP contribution >= 0.6 is 0 Å². The number of aryl methyl sites for hydroxylation is 2. The van der Waals surface area contributed by atoms with Crippen LogP contribution in [0.5, 0.6) is 0 Å². The van der Waals surface area contributed by atoms with Crippen LogP contribution in [0.3, 0.4) is 0 Å². The summed E-state index contributed by atoms with van der Waals surface area (Å²) in [6.07, 6.45) is 12.9. The van der Waals surface area contributed by atoms with Crippen molar-refractivity contribution >= 4 is 5.69 Å². The number of aromatic nitrogens is 3. The lowest BCUT2D eigenvalue weighted by Gasteiger charge is -2.35. The minimum Gasteiger partial charge on any atom is -0.370 e. The van der Waals surface area contributed by atoms with E-state index in [-0.39, 0.29) is 0 Å². The van der Waals surface area contributed by atoms with E-state index in [1.54, 1.807) is 0 Å². The third kappa shape index (κ3) is 3.16. The zero-order chi connectivity index (χ0) is 15.4. The van der Waals surface area contributed by atoms with Crippen molar-refractivity contribution in [3.8, 4) is 0 Å². The minimum atomic E-state index is 0.535. The number of hydrogen-bond acceptors (Lipinski definition) is 3. The smallest absolute Gasteiger partial charge is 0.113 e. The molecule has 1 aliphatic rings. The molecule has 0 radical (unpaired) electrons. The quantitative estimate of drug-likeness (QED) is 0.842. The summed E-state index contributed by atoms with van der Waals surface area (Å²) in [6.45, 7) is 7.68. The maximum atomic E-state index is 4.67. The fourth-order valence-electron chi connectivity index (χ4n) is 3.43. The molecule has 0 saturated carbocycles. The van der Waals surface area contributed by atoms with Gasteiger partial charge in [0, 0.05) is 56.0 Å². The average Bonchev–Trinajstić information content (AvgIpc) is 3.02. The highest BCUT2D eigenvalue weighted by atomic mass is 15.2. The van der Waals surface area contributed by atoms with Crippen LogP contribution < -0.4 is 4.90 Å². The van der Waals surface area contributed by atoms with Gasteiger partial charge in [0.1, 0.15) is 5.82 Å². The molecule has 3 rings (SSSR count). The Balaban J connectivity index is 1.76.